The highest BCUT2D eigenvalue weighted by atomic mass is 16.1. The van der Waals surface area contributed by atoms with Crippen LogP contribution < -0.4 is 11.1 Å². The Morgan fingerprint density at radius 1 is 1.39 bits per heavy atom. The number of benzene rings is 1. The van der Waals surface area contributed by atoms with Crippen molar-refractivity contribution >= 4 is 11.6 Å². The molecule has 1 aliphatic heterocycles. The lowest BCUT2D eigenvalue weighted by molar-refractivity contribution is 0.1000. The summed E-state index contributed by atoms with van der Waals surface area (Å²) in [4.78, 5) is 13.5. The number of nitrogens with two attached hydrogens (primary N) is 1. The number of piperidine rings is 1. The number of amides is 1. The number of anilines is 1. The monoisotopic (exact) mass is 247 g/mol. The van der Waals surface area contributed by atoms with Gasteiger partial charge in [-0.1, -0.05) is 0 Å². The van der Waals surface area contributed by atoms with Crippen molar-refractivity contribution in [1.82, 2.24) is 4.90 Å². The molecule has 1 saturated heterocycles. The third kappa shape index (κ3) is 3.01. The molecule has 0 radical (unpaired) electrons. The highest BCUT2D eigenvalue weighted by molar-refractivity contribution is 5.94. The van der Waals surface area contributed by atoms with Crippen LogP contribution >= 0.6 is 0 Å². The Hall–Kier alpha value is -1.55. The van der Waals surface area contributed by atoms with Gasteiger partial charge in [-0.2, -0.15) is 0 Å². The molecule has 18 heavy (non-hydrogen) atoms. The van der Waals surface area contributed by atoms with Gasteiger partial charge >= 0.3 is 0 Å². The number of hydrogen-bond acceptors (Lipinski definition) is 3. The number of rotatable bonds is 3. The predicted molar refractivity (Wildman–Crippen MR) is 73.8 cm³/mol. The quantitative estimate of drug-likeness (QED) is 0.853. The fourth-order valence-corrected chi connectivity index (χ4v) is 2.42. The van der Waals surface area contributed by atoms with Gasteiger partial charge < -0.3 is 16.0 Å². The van der Waals surface area contributed by atoms with E-state index in [1.54, 1.807) is 6.07 Å². The van der Waals surface area contributed by atoms with Gasteiger partial charge in [0.15, 0.2) is 0 Å². The zero-order chi connectivity index (χ0) is 13.1. The number of nitrogens with one attached hydrogen (secondary N) is 1. The Bertz CT molecular complexity index is 437. The van der Waals surface area contributed by atoms with E-state index >= 15 is 0 Å². The number of primary amides is 1. The van der Waals surface area contributed by atoms with Crippen LogP contribution in [-0.4, -0.2) is 37.0 Å². The second-order valence-corrected chi connectivity index (χ2v) is 5.12. The van der Waals surface area contributed by atoms with Gasteiger partial charge in [-0.25, -0.2) is 0 Å². The van der Waals surface area contributed by atoms with Crippen LogP contribution in [0, 0.1) is 6.92 Å². The zero-order valence-corrected chi connectivity index (χ0v) is 11.1. The lowest BCUT2D eigenvalue weighted by atomic mass is 10.0. The first-order valence-corrected chi connectivity index (χ1v) is 6.42. The van der Waals surface area contributed by atoms with Crippen LogP contribution in [0.25, 0.3) is 0 Å². The maximum Gasteiger partial charge on any atom is 0.248 e. The predicted octanol–water partition coefficient (Wildman–Crippen LogP) is 1.60. The molecule has 0 bridgehead atoms. The molecule has 1 heterocycles. The molecular formula is C14H21N3O. The normalized spacial score (nSPS) is 17.7. The van der Waals surface area contributed by atoms with Gasteiger partial charge in [-0.15, -0.1) is 0 Å². The molecule has 0 spiro atoms. The van der Waals surface area contributed by atoms with Gasteiger partial charge in [-0.05, 0) is 63.7 Å². The molecule has 98 valence electrons. The van der Waals surface area contributed by atoms with E-state index in [0.29, 0.717) is 11.6 Å². The number of carbonyl (C=O) groups excluding carboxylic acids is 1. The van der Waals surface area contributed by atoms with Crippen LogP contribution in [0.15, 0.2) is 18.2 Å². The van der Waals surface area contributed by atoms with Gasteiger partial charge in [0.1, 0.15) is 0 Å². The van der Waals surface area contributed by atoms with E-state index < -0.39 is 0 Å². The number of nitrogens with zero attached hydrogens (tertiary/aromatic N) is 1. The average molecular weight is 247 g/mol. The summed E-state index contributed by atoms with van der Waals surface area (Å²) in [7, 11) is 2.15. The standard InChI is InChI=1S/C14H21N3O/c1-10-9-12(3-4-13(10)14(15)18)16-11-5-7-17(2)8-6-11/h3-4,9,11,16H,5-8H2,1-2H3,(H2,15,18). The van der Waals surface area contributed by atoms with Crippen molar-refractivity contribution in [3.8, 4) is 0 Å². The number of likely N-dealkylation sites (tertiary alicyclic amines) is 1. The molecule has 1 aromatic carbocycles. The summed E-state index contributed by atoms with van der Waals surface area (Å²) in [6.45, 7) is 4.19. The van der Waals surface area contributed by atoms with Crippen LogP contribution in [0.4, 0.5) is 5.69 Å². The maximum absolute atomic E-state index is 11.2. The molecule has 4 heteroatoms. The summed E-state index contributed by atoms with van der Waals surface area (Å²) in [6, 6.07) is 6.26. The van der Waals surface area contributed by atoms with E-state index in [1.165, 1.54) is 0 Å². The smallest absolute Gasteiger partial charge is 0.248 e. The van der Waals surface area contributed by atoms with Crippen LogP contribution in [-0.2, 0) is 0 Å². The Balaban J connectivity index is 2.02. The van der Waals surface area contributed by atoms with E-state index in [4.69, 9.17) is 5.73 Å². The molecular weight excluding hydrogens is 226 g/mol. The van der Waals surface area contributed by atoms with Crippen LogP contribution in [0.2, 0.25) is 0 Å². The number of carbonyl (C=O) groups is 1. The Morgan fingerprint density at radius 3 is 2.61 bits per heavy atom. The van der Waals surface area contributed by atoms with Crippen molar-refractivity contribution in [1.29, 1.82) is 0 Å². The molecule has 0 unspecified atom stereocenters. The van der Waals surface area contributed by atoms with Crippen molar-refractivity contribution < 1.29 is 4.79 Å². The number of hydrogen-bond donors (Lipinski definition) is 2. The highest BCUT2D eigenvalue weighted by Gasteiger charge is 2.16. The van der Waals surface area contributed by atoms with E-state index in [2.05, 4.69) is 17.3 Å². The molecule has 0 aromatic heterocycles. The van der Waals surface area contributed by atoms with Crippen LogP contribution in [0.3, 0.4) is 0 Å². The van der Waals surface area contributed by atoms with E-state index in [9.17, 15) is 4.79 Å². The minimum Gasteiger partial charge on any atom is -0.382 e. The van der Waals surface area contributed by atoms with Crippen molar-refractivity contribution in [3.05, 3.63) is 29.3 Å². The van der Waals surface area contributed by atoms with Gasteiger partial charge in [0.25, 0.3) is 0 Å². The Morgan fingerprint density at radius 2 is 2.06 bits per heavy atom. The van der Waals surface area contributed by atoms with E-state index in [-0.39, 0.29) is 5.91 Å². The van der Waals surface area contributed by atoms with E-state index in [0.717, 1.165) is 37.2 Å². The fraction of sp³-hybridized carbons (Fsp3) is 0.500. The van der Waals surface area contributed by atoms with Crippen molar-refractivity contribution in [2.45, 2.75) is 25.8 Å². The third-order valence-corrected chi connectivity index (χ3v) is 3.58. The Labute approximate surface area is 108 Å². The molecule has 4 nitrogen and oxygen atoms in total. The molecule has 1 aromatic rings. The van der Waals surface area contributed by atoms with Gasteiger partial charge in [0.2, 0.25) is 5.91 Å². The minimum absolute atomic E-state index is 0.363. The second-order valence-electron chi connectivity index (χ2n) is 5.12. The molecule has 0 atom stereocenters. The fourth-order valence-electron chi connectivity index (χ4n) is 2.42. The molecule has 1 amide bonds. The SMILES string of the molecule is Cc1cc(NC2CCN(C)CC2)ccc1C(N)=O. The highest BCUT2D eigenvalue weighted by Crippen LogP contribution is 2.19. The van der Waals surface area contributed by atoms with Crippen molar-refractivity contribution in [3.63, 3.8) is 0 Å². The average Bonchev–Trinajstić information content (AvgIpc) is 2.32. The van der Waals surface area contributed by atoms with E-state index in [1.807, 2.05) is 19.1 Å². The maximum atomic E-state index is 11.2. The largest absolute Gasteiger partial charge is 0.382 e. The van der Waals surface area contributed by atoms with Gasteiger partial charge in [0, 0.05) is 17.3 Å². The molecule has 1 fully saturated rings. The van der Waals surface area contributed by atoms with Gasteiger partial charge in [-0.3, -0.25) is 4.79 Å². The first-order valence-electron chi connectivity index (χ1n) is 6.42. The Kier molecular flexibility index (Phi) is 3.87. The van der Waals surface area contributed by atoms with Crippen molar-refractivity contribution in [2.75, 3.05) is 25.5 Å². The zero-order valence-electron chi connectivity index (χ0n) is 11.1. The first kappa shape index (κ1) is 12.9. The summed E-state index contributed by atoms with van der Waals surface area (Å²) in [5.41, 5.74) is 7.91. The lowest BCUT2D eigenvalue weighted by Gasteiger charge is -2.30. The molecule has 2 rings (SSSR count). The molecule has 3 N–H and O–H groups in total. The molecule has 0 aliphatic carbocycles. The summed E-state index contributed by atoms with van der Waals surface area (Å²) in [5.74, 6) is -0.363. The second kappa shape index (κ2) is 5.40. The van der Waals surface area contributed by atoms with Gasteiger partial charge in [0.05, 0.1) is 0 Å². The minimum atomic E-state index is -0.363. The molecule has 0 saturated carbocycles. The van der Waals surface area contributed by atoms with Crippen molar-refractivity contribution in [2.24, 2.45) is 5.73 Å². The summed E-state index contributed by atoms with van der Waals surface area (Å²) >= 11 is 0. The summed E-state index contributed by atoms with van der Waals surface area (Å²) in [5, 5.41) is 3.53. The van der Waals surface area contributed by atoms with Crippen LogP contribution in [0.5, 0.6) is 0 Å². The third-order valence-electron chi connectivity index (χ3n) is 3.58. The first-order chi connectivity index (χ1) is 8.56. The summed E-state index contributed by atoms with van der Waals surface area (Å²) < 4.78 is 0. The van der Waals surface area contributed by atoms with Crippen LogP contribution in [0.1, 0.15) is 28.8 Å². The lowest BCUT2D eigenvalue weighted by Crippen LogP contribution is -2.36. The summed E-state index contributed by atoms with van der Waals surface area (Å²) in [6.07, 6.45) is 2.32. The number of aryl methyl sites for hydroxylation is 1. The topological polar surface area (TPSA) is 58.4 Å². The molecule has 1 aliphatic rings.